The minimum absolute atomic E-state index is 0.732. The van der Waals surface area contributed by atoms with Crippen LogP contribution in [0.4, 0.5) is 11.5 Å². The molecule has 0 amide bonds. The van der Waals surface area contributed by atoms with Crippen molar-refractivity contribution in [2.24, 2.45) is 7.05 Å². The van der Waals surface area contributed by atoms with Gasteiger partial charge in [0, 0.05) is 24.4 Å². The van der Waals surface area contributed by atoms with Crippen LogP contribution in [0.15, 0.2) is 61.2 Å². The Hall–Kier alpha value is -3.41. The number of anilines is 2. The number of fused-ring (bicyclic) bond motifs is 1. The molecule has 4 rings (SSSR count). The molecule has 0 saturated carbocycles. The molecule has 0 spiro atoms. The highest BCUT2D eigenvalue weighted by Gasteiger charge is 2.05. The van der Waals surface area contributed by atoms with Gasteiger partial charge in [0.2, 0.25) is 0 Å². The molecule has 0 fully saturated rings. The van der Waals surface area contributed by atoms with Gasteiger partial charge in [-0.25, -0.2) is 15.0 Å². The van der Waals surface area contributed by atoms with Crippen molar-refractivity contribution in [3.8, 4) is 17.0 Å². The fourth-order valence-corrected chi connectivity index (χ4v) is 2.71. The van der Waals surface area contributed by atoms with Crippen molar-refractivity contribution in [1.82, 2.24) is 19.5 Å². The molecule has 0 aliphatic carbocycles. The highest BCUT2D eigenvalue weighted by molar-refractivity contribution is 5.80. The predicted octanol–water partition coefficient (Wildman–Crippen LogP) is 3.78. The Kier molecular flexibility index (Phi) is 3.78. The summed E-state index contributed by atoms with van der Waals surface area (Å²) in [6.45, 7) is 0. The summed E-state index contributed by atoms with van der Waals surface area (Å²) in [7, 11) is 3.63. The Labute approximate surface area is 145 Å². The normalized spacial score (nSPS) is 10.8. The van der Waals surface area contributed by atoms with Gasteiger partial charge >= 0.3 is 0 Å². The average molecular weight is 331 g/mol. The van der Waals surface area contributed by atoms with E-state index in [1.165, 1.54) is 0 Å². The first-order valence-electron chi connectivity index (χ1n) is 7.87. The van der Waals surface area contributed by atoms with Crippen LogP contribution in [0.1, 0.15) is 0 Å². The zero-order valence-corrected chi connectivity index (χ0v) is 14.0. The minimum Gasteiger partial charge on any atom is -0.497 e. The number of hydrogen-bond donors (Lipinski definition) is 1. The van der Waals surface area contributed by atoms with Crippen LogP contribution in [0.5, 0.6) is 5.75 Å². The molecule has 25 heavy (non-hydrogen) atoms. The van der Waals surface area contributed by atoms with Crippen LogP contribution >= 0.6 is 0 Å². The summed E-state index contributed by atoms with van der Waals surface area (Å²) in [5, 5.41) is 3.31. The smallest absolute Gasteiger partial charge is 0.134 e. The standard InChI is InChI=1S/C19H17N5O/c1-24-12-22-17-9-14(5-8-18(17)24)23-19-10-16(20-11-21-19)13-3-6-15(25-2)7-4-13/h3-12H,1-2H3,(H,20,21,23). The summed E-state index contributed by atoms with van der Waals surface area (Å²) < 4.78 is 7.18. The van der Waals surface area contributed by atoms with E-state index < -0.39 is 0 Å². The Balaban J connectivity index is 1.61. The third-order valence-corrected chi connectivity index (χ3v) is 4.05. The van der Waals surface area contributed by atoms with Crippen molar-refractivity contribution in [3.63, 3.8) is 0 Å². The van der Waals surface area contributed by atoms with Gasteiger partial charge in [0.25, 0.3) is 0 Å². The number of benzene rings is 2. The monoisotopic (exact) mass is 331 g/mol. The van der Waals surface area contributed by atoms with Crippen molar-refractivity contribution in [3.05, 3.63) is 61.2 Å². The first kappa shape index (κ1) is 15.1. The second-order valence-corrected chi connectivity index (χ2v) is 5.70. The molecule has 0 saturated heterocycles. The number of nitrogens with one attached hydrogen (secondary N) is 1. The number of aryl methyl sites for hydroxylation is 1. The molecular weight excluding hydrogens is 314 g/mol. The number of aromatic nitrogens is 4. The van der Waals surface area contributed by atoms with Crippen molar-refractivity contribution >= 4 is 22.5 Å². The first-order valence-corrected chi connectivity index (χ1v) is 7.87. The van der Waals surface area contributed by atoms with Crippen molar-refractivity contribution in [1.29, 1.82) is 0 Å². The molecule has 0 bridgehead atoms. The molecule has 6 heteroatoms. The predicted molar refractivity (Wildman–Crippen MR) is 98.0 cm³/mol. The van der Waals surface area contributed by atoms with E-state index in [-0.39, 0.29) is 0 Å². The fraction of sp³-hybridized carbons (Fsp3) is 0.105. The lowest BCUT2D eigenvalue weighted by Crippen LogP contribution is -1.96. The van der Waals surface area contributed by atoms with Crippen LogP contribution in [0.25, 0.3) is 22.3 Å². The van der Waals surface area contributed by atoms with Crippen LogP contribution in [-0.2, 0) is 7.05 Å². The van der Waals surface area contributed by atoms with E-state index in [1.54, 1.807) is 19.8 Å². The summed E-state index contributed by atoms with van der Waals surface area (Å²) in [6.07, 6.45) is 3.36. The summed E-state index contributed by atoms with van der Waals surface area (Å²) in [6, 6.07) is 15.8. The molecule has 0 radical (unpaired) electrons. The van der Waals surface area contributed by atoms with Gasteiger partial charge in [0.05, 0.1) is 30.2 Å². The van der Waals surface area contributed by atoms with Gasteiger partial charge in [-0.15, -0.1) is 0 Å². The Morgan fingerprint density at radius 2 is 1.80 bits per heavy atom. The third-order valence-electron chi connectivity index (χ3n) is 4.05. The maximum Gasteiger partial charge on any atom is 0.134 e. The van der Waals surface area contributed by atoms with E-state index >= 15 is 0 Å². The van der Waals surface area contributed by atoms with E-state index in [9.17, 15) is 0 Å². The molecule has 0 unspecified atom stereocenters. The van der Waals surface area contributed by atoms with Crippen LogP contribution < -0.4 is 10.1 Å². The molecule has 124 valence electrons. The number of imidazole rings is 1. The highest BCUT2D eigenvalue weighted by atomic mass is 16.5. The summed E-state index contributed by atoms with van der Waals surface area (Å²) in [5.41, 5.74) is 4.82. The van der Waals surface area contributed by atoms with Crippen molar-refractivity contribution in [2.45, 2.75) is 0 Å². The lowest BCUT2D eigenvalue weighted by molar-refractivity contribution is 0.415. The molecule has 0 atom stereocenters. The summed E-state index contributed by atoms with van der Waals surface area (Å²) in [5.74, 6) is 1.55. The number of rotatable bonds is 4. The molecule has 1 N–H and O–H groups in total. The average Bonchev–Trinajstić information content (AvgIpc) is 3.02. The summed E-state index contributed by atoms with van der Waals surface area (Å²) in [4.78, 5) is 13.0. The van der Waals surface area contributed by atoms with Crippen molar-refractivity contribution in [2.75, 3.05) is 12.4 Å². The van der Waals surface area contributed by atoms with Gasteiger partial charge in [-0.05, 0) is 42.5 Å². The minimum atomic E-state index is 0.732. The maximum atomic E-state index is 5.19. The van der Waals surface area contributed by atoms with Gasteiger partial charge < -0.3 is 14.6 Å². The Morgan fingerprint density at radius 1 is 0.960 bits per heavy atom. The largest absolute Gasteiger partial charge is 0.497 e. The lowest BCUT2D eigenvalue weighted by atomic mass is 10.1. The number of ether oxygens (including phenoxy) is 1. The lowest BCUT2D eigenvalue weighted by Gasteiger charge is -2.08. The SMILES string of the molecule is COc1ccc(-c2cc(Nc3ccc4c(c3)ncn4C)ncn2)cc1. The molecule has 2 heterocycles. The molecular formula is C19H17N5O. The van der Waals surface area contributed by atoms with Gasteiger partial charge in [-0.3, -0.25) is 0 Å². The second-order valence-electron chi connectivity index (χ2n) is 5.70. The van der Waals surface area contributed by atoms with Crippen molar-refractivity contribution < 1.29 is 4.74 Å². The van der Waals surface area contributed by atoms with Gasteiger partial charge in [0.15, 0.2) is 0 Å². The van der Waals surface area contributed by atoms with E-state index in [2.05, 4.69) is 20.3 Å². The van der Waals surface area contributed by atoms with E-state index in [0.29, 0.717) is 0 Å². The fourth-order valence-electron chi connectivity index (χ4n) is 2.71. The van der Waals surface area contributed by atoms with E-state index in [4.69, 9.17) is 4.74 Å². The quantitative estimate of drug-likeness (QED) is 0.616. The second kappa shape index (κ2) is 6.24. The highest BCUT2D eigenvalue weighted by Crippen LogP contribution is 2.24. The zero-order chi connectivity index (χ0) is 17.2. The van der Waals surface area contributed by atoms with Crippen LogP contribution in [0, 0.1) is 0 Å². The number of hydrogen-bond acceptors (Lipinski definition) is 5. The van der Waals surface area contributed by atoms with Gasteiger partial charge in [-0.2, -0.15) is 0 Å². The number of methoxy groups -OCH3 is 1. The Morgan fingerprint density at radius 3 is 2.60 bits per heavy atom. The van der Waals surface area contributed by atoms with Gasteiger partial charge in [-0.1, -0.05) is 0 Å². The van der Waals surface area contributed by atoms with E-state index in [0.717, 1.165) is 39.5 Å². The number of nitrogens with zero attached hydrogens (tertiary/aromatic N) is 4. The molecule has 0 aliphatic rings. The Bertz CT molecular complexity index is 1020. The molecule has 6 nitrogen and oxygen atoms in total. The maximum absolute atomic E-state index is 5.19. The van der Waals surface area contributed by atoms with Crippen LogP contribution in [-0.4, -0.2) is 26.6 Å². The molecule has 0 aliphatic heterocycles. The molecule has 2 aromatic carbocycles. The zero-order valence-electron chi connectivity index (χ0n) is 14.0. The van der Waals surface area contributed by atoms with Crippen LogP contribution in [0.2, 0.25) is 0 Å². The van der Waals surface area contributed by atoms with Crippen LogP contribution in [0.3, 0.4) is 0 Å². The summed E-state index contributed by atoms with van der Waals surface area (Å²) >= 11 is 0. The van der Waals surface area contributed by atoms with Gasteiger partial charge in [0.1, 0.15) is 17.9 Å². The topological polar surface area (TPSA) is 64.9 Å². The third kappa shape index (κ3) is 3.01. The first-order chi connectivity index (χ1) is 12.2. The molecule has 2 aromatic heterocycles. The molecule has 4 aromatic rings. The van der Waals surface area contributed by atoms with E-state index in [1.807, 2.05) is 60.1 Å².